The second kappa shape index (κ2) is 6.45. The molecule has 0 aliphatic carbocycles. The highest BCUT2D eigenvalue weighted by atomic mass is 79.9. The first-order valence-electron chi connectivity index (χ1n) is 6.16. The monoisotopic (exact) mass is 324 g/mol. The summed E-state index contributed by atoms with van der Waals surface area (Å²) in [7, 11) is 0. The van der Waals surface area contributed by atoms with Crippen molar-refractivity contribution in [2.75, 3.05) is 6.54 Å². The minimum Gasteiger partial charge on any atom is -0.309 e. The molecule has 2 nitrogen and oxygen atoms in total. The van der Waals surface area contributed by atoms with Crippen molar-refractivity contribution >= 4 is 27.3 Å². The largest absolute Gasteiger partial charge is 0.309 e. The summed E-state index contributed by atoms with van der Waals surface area (Å²) in [4.78, 5) is 4.72. The van der Waals surface area contributed by atoms with Gasteiger partial charge in [0.05, 0.1) is 5.69 Å². The van der Waals surface area contributed by atoms with E-state index in [0.29, 0.717) is 6.04 Å². The molecule has 0 spiro atoms. The SMILES string of the molecule is CCCNC(C)c1csc(-c2ccccc2Br)n1. The van der Waals surface area contributed by atoms with E-state index in [4.69, 9.17) is 4.98 Å². The van der Waals surface area contributed by atoms with Crippen molar-refractivity contribution in [2.24, 2.45) is 0 Å². The lowest BCUT2D eigenvalue weighted by Gasteiger charge is -2.09. The Bertz CT molecular complexity index is 510. The van der Waals surface area contributed by atoms with Gasteiger partial charge in [0.1, 0.15) is 5.01 Å². The van der Waals surface area contributed by atoms with Crippen LogP contribution in [0.1, 0.15) is 32.0 Å². The first kappa shape index (κ1) is 13.7. The van der Waals surface area contributed by atoms with Gasteiger partial charge in [-0.05, 0) is 26.0 Å². The average molecular weight is 325 g/mol. The van der Waals surface area contributed by atoms with Crippen LogP contribution in [-0.4, -0.2) is 11.5 Å². The summed E-state index contributed by atoms with van der Waals surface area (Å²) in [5.74, 6) is 0. The number of hydrogen-bond acceptors (Lipinski definition) is 3. The molecule has 18 heavy (non-hydrogen) atoms. The molecule has 0 saturated heterocycles. The van der Waals surface area contributed by atoms with Crippen molar-refractivity contribution in [2.45, 2.75) is 26.3 Å². The van der Waals surface area contributed by atoms with Crippen LogP contribution in [0.3, 0.4) is 0 Å². The fourth-order valence-corrected chi connectivity index (χ4v) is 3.26. The summed E-state index contributed by atoms with van der Waals surface area (Å²) < 4.78 is 1.10. The van der Waals surface area contributed by atoms with Gasteiger partial charge in [-0.15, -0.1) is 11.3 Å². The molecule has 96 valence electrons. The van der Waals surface area contributed by atoms with E-state index in [2.05, 4.69) is 52.6 Å². The van der Waals surface area contributed by atoms with E-state index in [9.17, 15) is 0 Å². The van der Waals surface area contributed by atoms with Gasteiger partial charge in [-0.2, -0.15) is 0 Å². The summed E-state index contributed by atoms with van der Waals surface area (Å²) >= 11 is 5.27. The van der Waals surface area contributed by atoms with Crippen LogP contribution in [0, 0.1) is 0 Å². The highest BCUT2D eigenvalue weighted by Gasteiger charge is 2.11. The lowest BCUT2D eigenvalue weighted by molar-refractivity contribution is 0.561. The quantitative estimate of drug-likeness (QED) is 0.867. The van der Waals surface area contributed by atoms with Crippen LogP contribution < -0.4 is 5.32 Å². The van der Waals surface area contributed by atoms with Gasteiger partial charge in [0.15, 0.2) is 0 Å². The molecule has 0 amide bonds. The highest BCUT2D eigenvalue weighted by molar-refractivity contribution is 9.10. The first-order chi connectivity index (χ1) is 8.72. The van der Waals surface area contributed by atoms with Crippen LogP contribution in [0.15, 0.2) is 34.1 Å². The predicted octanol–water partition coefficient (Wildman–Crippen LogP) is 4.63. The Balaban J connectivity index is 2.18. The minimum absolute atomic E-state index is 0.317. The zero-order chi connectivity index (χ0) is 13.0. The summed E-state index contributed by atoms with van der Waals surface area (Å²) in [5.41, 5.74) is 2.29. The highest BCUT2D eigenvalue weighted by Crippen LogP contribution is 2.31. The second-order valence-electron chi connectivity index (χ2n) is 4.23. The Morgan fingerprint density at radius 1 is 1.39 bits per heavy atom. The van der Waals surface area contributed by atoms with Crippen molar-refractivity contribution in [1.82, 2.24) is 10.3 Å². The maximum absolute atomic E-state index is 4.72. The number of nitrogens with one attached hydrogen (secondary N) is 1. The second-order valence-corrected chi connectivity index (χ2v) is 5.95. The molecule has 1 atom stereocenters. The minimum atomic E-state index is 0.317. The zero-order valence-electron chi connectivity index (χ0n) is 10.6. The summed E-state index contributed by atoms with van der Waals surface area (Å²) in [5, 5.41) is 6.67. The summed E-state index contributed by atoms with van der Waals surface area (Å²) in [6, 6.07) is 8.52. The van der Waals surface area contributed by atoms with Crippen molar-refractivity contribution in [3.63, 3.8) is 0 Å². The third kappa shape index (κ3) is 3.19. The molecule has 1 aromatic heterocycles. The summed E-state index contributed by atoms with van der Waals surface area (Å²) in [6.07, 6.45) is 1.14. The van der Waals surface area contributed by atoms with Gasteiger partial charge in [-0.1, -0.05) is 41.1 Å². The smallest absolute Gasteiger partial charge is 0.124 e. The fourth-order valence-electron chi connectivity index (χ4n) is 1.71. The molecular weight excluding hydrogens is 308 g/mol. The van der Waals surface area contributed by atoms with Crippen molar-refractivity contribution in [3.8, 4) is 10.6 Å². The van der Waals surface area contributed by atoms with Gasteiger partial charge >= 0.3 is 0 Å². The number of halogens is 1. The van der Waals surface area contributed by atoms with E-state index in [0.717, 1.165) is 33.7 Å². The Labute approximate surface area is 121 Å². The van der Waals surface area contributed by atoms with Gasteiger partial charge in [0.25, 0.3) is 0 Å². The Morgan fingerprint density at radius 3 is 2.89 bits per heavy atom. The van der Waals surface area contributed by atoms with Crippen LogP contribution in [0.25, 0.3) is 10.6 Å². The number of hydrogen-bond donors (Lipinski definition) is 1. The van der Waals surface area contributed by atoms with E-state index >= 15 is 0 Å². The van der Waals surface area contributed by atoms with Crippen LogP contribution in [-0.2, 0) is 0 Å². The van der Waals surface area contributed by atoms with Crippen LogP contribution in [0.5, 0.6) is 0 Å². The van der Waals surface area contributed by atoms with E-state index in [1.165, 1.54) is 0 Å². The molecule has 1 N–H and O–H groups in total. The molecule has 0 bridgehead atoms. The zero-order valence-corrected chi connectivity index (χ0v) is 13.0. The molecule has 0 fully saturated rings. The van der Waals surface area contributed by atoms with Gasteiger partial charge in [0, 0.05) is 21.5 Å². The Kier molecular flexibility index (Phi) is 4.92. The number of rotatable bonds is 5. The molecule has 1 aromatic carbocycles. The van der Waals surface area contributed by atoms with E-state index in [1.807, 2.05) is 12.1 Å². The number of aromatic nitrogens is 1. The lowest BCUT2D eigenvalue weighted by Crippen LogP contribution is -2.19. The van der Waals surface area contributed by atoms with Gasteiger partial charge < -0.3 is 5.32 Å². The van der Waals surface area contributed by atoms with Crippen molar-refractivity contribution in [3.05, 3.63) is 39.8 Å². The topological polar surface area (TPSA) is 24.9 Å². The van der Waals surface area contributed by atoms with Crippen LogP contribution in [0.2, 0.25) is 0 Å². The molecule has 1 heterocycles. The summed E-state index contributed by atoms with van der Waals surface area (Å²) in [6.45, 7) is 5.37. The fraction of sp³-hybridized carbons (Fsp3) is 0.357. The lowest BCUT2D eigenvalue weighted by atomic mass is 10.2. The molecule has 2 aromatic rings. The molecule has 2 rings (SSSR count). The molecule has 0 aliphatic rings. The molecule has 1 unspecified atom stereocenters. The van der Waals surface area contributed by atoms with Gasteiger partial charge in [-0.25, -0.2) is 4.98 Å². The predicted molar refractivity (Wildman–Crippen MR) is 82.0 cm³/mol. The van der Waals surface area contributed by atoms with Crippen LogP contribution >= 0.6 is 27.3 Å². The van der Waals surface area contributed by atoms with E-state index < -0.39 is 0 Å². The Morgan fingerprint density at radius 2 is 2.17 bits per heavy atom. The molecule has 0 saturated carbocycles. The van der Waals surface area contributed by atoms with E-state index in [1.54, 1.807) is 11.3 Å². The van der Waals surface area contributed by atoms with Crippen molar-refractivity contribution in [1.29, 1.82) is 0 Å². The van der Waals surface area contributed by atoms with Crippen molar-refractivity contribution < 1.29 is 0 Å². The first-order valence-corrected chi connectivity index (χ1v) is 7.83. The molecular formula is C14H17BrN2S. The third-order valence-corrected chi connectivity index (χ3v) is 4.36. The van der Waals surface area contributed by atoms with E-state index in [-0.39, 0.29) is 0 Å². The standard InChI is InChI=1S/C14H17BrN2S/c1-3-8-16-10(2)13-9-18-14(17-13)11-6-4-5-7-12(11)15/h4-7,9-10,16H,3,8H2,1-2H3. The maximum Gasteiger partial charge on any atom is 0.124 e. The number of thiazole rings is 1. The third-order valence-electron chi connectivity index (χ3n) is 2.77. The molecule has 0 aliphatic heterocycles. The van der Waals surface area contributed by atoms with Gasteiger partial charge in [-0.3, -0.25) is 0 Å². The number of benzene rings is 1. The maximum atomic E-state index is 4.72. The normalized spacial score (nSPS) is 12.6. The number of nitrogens with zero attached hydrogens (tertiary/aromatic N) is 1. The molecule has 0 radical (unpaired) electrons. The average Bonchev–Trinajstić information content (AvgIpc) is 2.86. The molecule has 4 heteroatoms. The van der Waals surface area contributed by atoms with Crippen LogP contribution in [0.4, 0.5) is 0 Å². The Hall–Kier alpha value is -0.710. The van der Waals surface area contributed by atoms with Gasteiger partial charge in [0.2, 0.25) is 0 Å².